The van der Waals surface area contributed by atoms with E-state index in [1.807, 2.05) is 36.4 Å². The van der Waals surface area contributed by atoms with Gasteiger partial charge < -0.3 is 9.63 Å². The van der Waals surface area contributed by atoms with Crippen LogP contribution in [0.3, 0.4) is 0 Å². The van der Waals surface area contributed by atoms with Gasteiger partial charge in [-0.25, -0.2) is 0 Å². The van der Waals surface area contributed by atoms with Crippen LogP contribution < -0.4 is 0 Å². The molecule has 1 aromatic heterocycles. The van der Waals surface area contributed by atoms with Gasteiger partial charge in [0.1, 0.15) is 5.69 Å². The Kier molecular flexibility index (Phi) is 4.31. The molecule has 3 aromatic carbocycles. The summed E-state index contributed by atoms with van der Waals surface area (Å²) >= 11 is 0. The van der Waals surface area contributed by atoms with Gasteiger partial charge >= 0.3 is 0 Å². The maximum absolute atomic E-state index is 10.0. The lowest BCUT2D eigenvalue weighted by atomic mass is 9.96. The molecule has 1 heterocycles. The average Bonchev–Trinajstić information content (AvgIpc) is 3.11. The molecule has 0 fully saturated rings. The topological polar surface area (TPSA) is 46.3 Å². The molecule has 4 aromatic rings. The zero-order valence-corrected chi connectivity index (χ0v) is 14.9. The molecular weight excluding hydrogens is 322 g/mol. The molecule has 4 rings (SSSR count). The highest BCUT2D eigenvalue weighted by molar-refractivity contribution is 5.97. The van der Waals surface area contributed by atoms with Crippen molar-refractivity contribution in [2.24, 2.45) is 0 Å². The molecule has 0 aliphatic carbocycles. The summed E-state index contributed by atoms with van der Waals surface area (Å²) in [4.78, 5) is 0. The molecular formula is C23H21NO2. The molecule has 0 unspecified atom stereocenters. The van der Waals surface area contributed by atoms with Gasteiger partial charge in [0, 0.05) is 11.1 Å². The van der Waals surface area contributed by atoms with Crippen molar-refractivity contribution in [3.05, 3.63) is 77.9 Å². The lowest BCUT2D eigenvalue weighted by Gasteiger charge is -2.07. The van der Waals surface area contributed by atoms with Crippen molar-refractivity contribution >= 4 is 10.8 Å². The number of hydrogen-bond donors (Lipinski definition) is 1. The van der Waals surface area contributed by atoms with E-state index in [0.29, 0.717) is 17.4 Å². The Bertz CT molecular complexity index is 1040. The minimum Gasteiger partial charge on any atom is -0.391 e. The van der Waals surface area contributed by atoms with Crippen LogP contribution in [0.15, 0.2) is 71.3 Å². The largest absolute Gasteiger partial charge is 0.391 e. The van der Waals surface area contributed by atoms with Gasteiger partial charge in [-0.2, -0.15) is 0 Å². The Labute approximate surface area is 152 Å². The number of rotatable bonds is 4. The zero-order valence-electron chi connectivity index (χ0n) is 14.9. The highest BCUT2D eigenvalue weighted by Gasteiger charge is 2.19. The van der Waals surface area contributed by atoms with Crippen LogP contribution in [0, 0.1) is 0 Å². The number of aromatic nitrogens is 1. The Hall–Kier alpha value is -2.91. The smallest absolute Gasteiger partial charge is 0.173 e. The summed E-state index contributed by atoms with van der Waals surface area (Å²) in [5.74, 6) is 1.10. The van der Waals surface area contributed by atoms with Crippen molar-refractivity contribution in [3.63, 3.8) is 0 Å². The lowest BCUT2D eigenvalue weighted by Crippen LogP contribution is -1.91. The lowest BCUT2D eigenvalue weighted by molar-refractivity contribution is 0.281. The fraction of sp³-hybridized carbons (Fsp3) is 0.174. The van der Waals surface area contributed by atoms with Crippen LogP contribution in [0.1, 0.15) is 30.9 Å². The Balaban J connectivity index is 1.84. The van der Waals surface area contributed by atoms with Gasteiger partial charge in [-0.1, -0.05) is 85.7 Å². The molecule has 130 valence electrons. The van der Waals surface area contributed by atoms with Gasteiger partial charge in [0.05, 0.1) is 12.2 Å². The van der Waals surface area contributed by atoms with Crippen LogP contribution in [0.25, 0.3) is 33.4 Å². The van der Waals surface area contributed by atoms with E-state index in [9.17, 15) is 5.11 Å². The third kappa shape index (κ3) is 2.80. The molecule has 0 aliphatic rings. The summed E-state index contributed by atoms with van der Waals surface area (Å²) in [6.07, 6.45) is 0. The maximum Gasteiger partial charge on any atom is 0.173 e. The van der Waals surface area contributed by atoms with Crippen molar-refractivity contribution in [2.45, 2.75) is 26.4 Å². The first kappa shape index (κ1) is 16.6. The molecule has 3 heteroatoms. The number of hydrogen-bond acceptors (Lipinski definition) is 3. The minimum absolute atomic E-state index is 0.122. The van der Waals surface area contributed by atoms with Crippen LogP contribution in [0.4, 0.5) is 0 Å². The van der Waals surface area contributed by atoms with Crippen molar-refractivity contribution in [3.8, 4) is 22.6 Å². The predicted molar refractivity (Wildman–Crippen MR) is 105 cm³/mol. The first-order valence-electron chi connectivity index (χ1n) is 8.87. The van der Waals surface area contributed by atoms with Crippen molar-refractivity contribution < 1.29 is 9.63 Å². The van der Waals surface area contributed by atoms with Crippen LogP contribution in [-0.2, 0) is 6.61 Å². The van der Waals surface area contributed by atoms with Gasteiger partial charge in [0.15, 0.2) is 5.76 Å². The first-order chi connectivity index (χ1) is 12.7. The summed E-state index contributed by atoms with van der Waals surface area (Å²) in [5, 5.41) is 16.6. The number of nitrogens with zero attached hydrogens (tertiary/aromatic N) is 1. The number of aliphatic hydroxyl groups is 1. The Morgan fingerprint density at radius 3 is 2.38 bits per heavy atom. The van der Waals surface area contributed by atoms with Crippen LogP contribution in [0.5, 0.6) is 0 Å². The summed E-state index contributed by atoms with van der Waals surface area (Å²) in [6, 6.07) is 22.5. The van der Waals surface area contributed by atoms with Gasteiger partial charge in [0.25, 0.3) is 0 Å². The molecule has 0 bridgehead atoms. The highest BCUT2D eigenvalue weighted by atomic mass is 16.5. The maximum atomic E-state index is 10.0. The molecule has 0 saturated carbocycles. The summed E-state index contributed by atoms with van der Waals surface area (Å²) in [6.45, 7) is 4.21. The van der Waals surface area contributed by atoms with E-state index in [1.165, 1.54) is 5.56 Å². The van der Waals surface area contributed by atoms with Crippen LogP contribution in [-0.4, -0.2) is 10.3 Å². The molecule has 3 nitrogen and oxygen atoms in total. The second-order valence-corrected chi connectivity index (χ2v) is 6.80. The van der Waals surface area contributed by atoms with Crippen molar-refractivity contribution in [2.75, 3.05) is 0 Å². The highest BCUT2D eigenvalue weighted by Crippen LogP contribution is 2.36. The normalized spacial score (nSPS) is 11.4. The fourth-order valence-electron chi connectivity index (χ4n) is 3.35. The Morgan fingerprint density at radius 2 is 1.65 bits per heavy atom. The van der Waals surface area contributed by atoms with Gasteiger partial charge in [-0.05, 0) is 22.3 Å². The second kappa shape index (κ2) is 6.77. The SMILES string of the molecule is CC(C)c1ccc(-c2onc(-c3cccc4ccccc34)c2CO)cc1. The Morgan fingerprint density at radius 1 is 0.923 bits per heavy atom. The fourth-order valence-corrected chi connectivity index (χ4v) is 3.35. The minimum atomic E-state index is -0.122. The monoisotopic (exact) mass is 343 g/mol. The number of aliphatic hydroxyl groups excluding tert-OH is 1. The standard InChI is InChI=1S/C23H21NO2/c1-15(2)16-10-12-18(13-11-16)23-21(14-25)22(24-26-23)20-9-5-7-17-6-3-4-8-19(17)20/h3-13,15,25H,14H2,1-2H3. The van der Waals surface area contributed by atoms with E-state index in [1.54, 1.807) is 0 Å². The summed E-state index contributed by atoms with van der Waals surface area (Å²) in [5.41, 5.74) is 4.59. The number of fused-ring (bicyclic) bond motifs is 1. The predicted octanol–water partition coefficient (Wildman–Crippen LogP) is 5.78. The van der Waals surface area contributed by atoms with Gasteiger partial charge in [-0.15, -0.1) is 0 Å². The molecule has 0 aliphatic heterocycles. The van der Waals surface area contributed by atoms with E-state index in [4.69, 9.17) is 4.52 Å². The molecule has 1 N–H and O–H groups in total. The zero-order chi connectivity index (χ0) is 18.1. The first-order valence-corrected chi connectivity index (χ1v) is 8.87. The molecule has 0 radical (unpaired) electrons. The van der Waals surface area contributed by atoms with Crippen LogP contribution in [0.2, 0.25) is 0 Å². The van der Waals surface area contributed by atoms with Crippen LogP contribution >= 0.6 is 0 Å². The molecule has 26 heavy (non-hydrogen) atoms. The third-order valence-electron chi connectivity index (χ3n) is 4.83. The van der Waals surface area contributed by atoms with Gasteiger partial charge in [-0.3, -0.25) is 0 Å². The van der Waals surface area contributed by atoms with E-state index in [-0.39, 0.29) is 6.61 Å². The van der Waals surface area contributed by atoms with Crippen molar-refractivity contribution in [1.82, 2.24) is 5.16 Å². The van der Waals surface area contributed by atoms with E-state index >= 15 is 0 Å². The average molecular weight is 343 g/mol. The molecule has 0 saturated heterocycles. The molecule has 0 amide bonds. The number of benzene rings is 3. The second-order valence-electron chi connectivity index (χ2n) is 6.80. The quantitative estimate of drug-likeness (QED) is 0.511. The summed E-state index contributed by atoms with van der Waals surface area (Å²) in [7, 11) is 0. The van der Waals surface area contributed by atoms with E-state index in [2.05, 4.69) is 49.3 Å². The van der Waals surface area contributed by atoms with E-state index in [0.717, 1.165) is 27.5 Å². The van der Waals surface area contributed by atoms with Gasteiger partial charge in [0.2, 0.25) is 0 Å². The van der Waals surface area contributed by atoms with E-state index < -0.39 is 0 Å². The third-order valence-corrected chi connectivity index (χ3v) is 4.83. The summed E-state index contributed by atoms with van der Waals surface area (Å²) < 4.78 is 5.67. The molecule has 0 atom stereocenters. The molecule has 0 spiro atoms. The van der Waals surface area contributed by atoms with Crippen molar-refractivity contribution in [1.29, 1.82) is 0 Å².